The number of aromatic nitrogens is 2. The van der Waals surface area contributed by atoms with Gasteiger partial charge in [0.1, 0.15) is 5.75 Å². The van der Waals surface area contributed by atoms with E-state index in [1.807, 2.05) is 23.0 Å². The molecule has 4 nitrogen and oxygen atoms in total. The number of hydrogen-bond donors (Lipinski definition) is 1. The Labute approximate surface area is 114 Å². The summed E-state index contributed by atoms with van der Waals surface area (Å²) in [6, 6.07) is 8.60. The average Bonchev–Trinajstić information content (AvgIpc) is 2.92. The molecule has 0 aliphatic carbocycles. The molecule has 2 aromatic rings. The lowest BCUT2D eigenvalue weighted by Gasteiger charge is -2.16. The van der Waals surface area contributed by atoms with E-state index >= 15 is 0 Å². The fourth-order valence-corrected chi connectivity index (χ4v) is 2.18. The van der Waals surface area contributed by atoms with Crippen LogP contribution in [0.5, 0.6) is 5.75 Å². The van der Waals surface area contributed by atoms with Crippen molar-refractivity contribution in [3.63, 3.8) is 0 Å². The molecule has 102 valence electrons. The van der Waals surface area contributed by atoms with Gasteiger partial charge >= 0.3 is 0 Å². The minimum atomic E-state index is 0.340. The number of ether oxygens (including phenoxy) is 1. The third-order valence-electron chi connectivity index (χ3n) is 3.21. The van der Waals surface area contributed by atoms with E-state index < -0.39 is 0 Å². The summed E-state index contributed by atoms with van der Waals surface area (Å²) in [6.07, 6.45) is 3.75. The Morgan fingerprint density at radius 1 is 1.42 bits per heavy atom. The summed E-state index contributed by atoms with van der Waals surface area (Å²) < 4.78 is 7.33. The molecule has 19 heavy (non-hydrogen) atoms. The maximum atomic E-state index is 5.43. The van der Waals surface area contributed by atoms with Crippen molar-refractivity contribution >= 4 is 0 Å². The highest BCUT2D eigenvalue weighted by molar-refractivity contribution is 5.38. The Balaban J connectivity index is 2.25. The highest BCUT2D eigenvalue weighted by atomic mass is 16.5. The van der Waals surface area contributed by atoms with Gasteiger partial charge < -0.3 is 10.1 Å². The first-order valence-corrected chi connectivity index (χ1v) is 6.62. The van der Waals surface area contributed by atoms with E-state index in [9.17, 15) is 0 Å². The first-order chi connectivity index (χ1) is 9.24. The minimum absolute atomic E-state index is 0.340. The molecule has 1 aromatic carbocycles. The van der Waals surface area contributed by atoms with Gasteiger partial charge in [-0.1, -0.05) is 13.0 Å². The summed E-state index contributed by atoms with van der Waals surface area (Å²) in [5.41, 5.74) is 2.42. The Kier molecular flexibility index (Phi) is 4.58. The van der Waals surface area contributed by atoms with Crippen LogP contribution >= 0.6 is 0 Å². The molecule has 1 heterocycles. The normalized spacial score (nSPS) is 12.4. The molecule has 0 spiro atoms. The fourth-order valence-electron chi connectivity index (χ4n) is 2.18. The third kappa shape index (κ3) is 3.35. The molecular formula is C15H21N3O. The zero-order valence-electron chi connectivity index (χ0n) is 11.8. The Morgan fingerprint density at radius 3 is 2.89 bits per heavy atom. The molecule has 2 rings (SSSR count). The molecule has 1 aromatic heterocycles. The number of benzene rings is 1. The number of methoxy groups -OCH3 is 1. The second-order valence-electron chi connectivity index (χ2n) is 4.55. The number of rotatable bonds is 6. The summed E-state index contributed by atoms with van der Waals surface area (Å²) in [7, 11) is 1.70. The van der Waals surface area contributed by atoms with E-state index in [1.54, 1.807) is 13.3 Å². The van der Waals surface area contributed by atoms with Crippen molar-refractivity contribution in [2.75, 3.05) is 13.7 Å². The largest absolute Gasteiger partial charge is 0.496 e. The van der Waals surface area contributed by atoms with Crippen molar-refractivity contribution in [3.8, 4) is 5.75 Å². The lowest BCUT2D eigenvalue weighted by molar-refractivity contribution is 0.407. The predicted octanol–water partition coefficient (Wildman–Crippen LogP) is 2.61. The molecule has 0 radical (unpaired) electrons. The summed E-state index contributed by atoms with van der Waals surface area (Å²) in [6.45, 7) is 5.97. The van der Waals surface area contributed by atoms with Gasteiger partial charge in [-0.2, -0.15) is 5.10 Å². The van der Waals surface area contributed by atoms with Gasteiger partial charge in [0, 0.05) is 24.0 Å². The highest BCUT2D eigenvalue weighted by Gasteiger charge is 2.09. The summed E-state index contributed by atoms with van der Waals surface area (Å²) in [5.74, 6) is 0.906. The van der Waals surface area contributed by atoms with E-state index in [0.29, 0.717) is 6.04 Å². The smallest absolute Gasteiger partial charge is 0.123 e. The monoisotopic (exact) mass is 259 g/mol. The minimum Gasteiger partial charge on any atom is -0.496 e. The first-order valence-electron chi connectivity index (χ1n) is 6.62. The van der Waals surface area contributed by atoms with E-state index in [2.05, 4.69) is 36.4 Å². The summed E-state index contributed by atoms with van der Waals surface area (Å²) >= 11 is 0. The van der Waals surface area contributed by atoms with Crippen LogP contribution < -0.4 is 10.1 Å². The van der Waals surface area contributed by atoms with Crippen molar-refractivity contribution in [2.24, 2.45) is 0 Å². The molecule has 1 N–H and O–H groups in total. The Hall–Kier alpha value is -1.81. The van der Waals surface area contributed by atoms with Gasteiger partial charge in [0.05, 0.1) is 13.7 Å². The molecule has 4 heteroatoms. The number of nitrogens with zero attached hydrogens (tertiary/aromatic N) is 2. The molecule has 0 bridgehead atoms. The zero-order chi connectivity index (χ0) is 13.7. The highest BCUT2D eigenvalue weighted by Crippen LogP contribution is 2.24. The summed E-state index contributed by atoms with van der Waals surface area (Å²) in [4.78, 5) is 0. The van der Waals surface area contributed by atoms with E-state index in [4.69, 9.17) is 4.74 Å². The van der Waals surface area contributed by atoms with Crippen LogP contribution in [0, 0.1) is 0 Å². The maximum Gasteiger partial charge on any atom is 0.123 e. The average molecular weight is 259 g/mol. The van der Waals surface area contributed by atoms with Gasteiger partial charge in [-0.05, 0) is 37.2 Å². The zero-order valence-corrected chi connectivity index (χ0v) is 11.8. The SMILES string of the molecule is CCNC(C)c1ccc(OC)c(Cn2cccn2)c1. The fraction of sp³-hybridized carbons (Fsp3) is 0.400. The first kappa shape index (κ1) is 13.6. The summed E-state index contributed by atoms with van der Waals surface area (Å²) in [5, 5.41) is 7.67. The van der Waals surface area contributed by atoms with Gasteiger partial charge in [-0.3, -0.25) is 4.68 Å². The van der Waals surface area contributed by atoms with Crippen LogP contribution in [-0.4, -0.2) is 23.4 Å². The predicted molar refractivity (Wildman–Crippen MR) is 76.4 cm³/mol. The lowest BCUT2D eigenvalue weighted by Crippen LogP contribution is -2.18. The molecule has 0 saturated heterocycles. The molecule has 1 atom stereocenters. The van der Waals surface area contributed by atoms with E-state index in [0.717, 1.165) is 24.4 Å². The van der Waals surface area contributed by atoms with Gasteiger partial charge in [0.2, 0.25) is 0 Å². The Morgan fingerprint density at radius 2 is 2.26 bits per heavy atom. The molecular weight excluding hydrogens is 238 g/mol. The van der Waals surface area contributed by atoms with Crippen LogP contribution in [-0.2, 0) is 6.54 Å². The van der Waals surface area contributed by atoms with Crippen molar-refractivity contribution in [1.82, 2.24) is 15.1 Å². The molecule has 0 amide bonds. The van der Waals surface area contributed by atoms with E-state index in [1.165, 1.54) is 5.56 Å². The second-order valence-corrected chi connectivity index (χ2v) is 4.55. The van der Waals surface area contributed by atoms with Crippen molar-refractivity contribution in [3.05, 3.63) is 47.8 Å². The van der Waals surface area contributed by atoms with Crippen molar-refractivity contribution in [2.45, 2.75) is 26.4 Å². The van der Waals surface area contributed by atoms with Crippen molar-refractivity contribution in [1.29, 1.82) is 0 Å². The molecule has 0 saturated carbocycles. The third-order valence-corrected chi connectivity index (χ3v) is 3.21. The van der Waals surface area contributed by atoms with Gasteiger partial charge in [-0.15, -0.1) is 0 Å². The van der Waals surface area contributed by atoms with Crippen LogP contribution in [0.25, 0.3) is 0 Å². The molecule has 0 fully saturated rings. The number of nitrogens with one attached hydrogen (secondary N) is 1. The topological polar surface area (TPSA) is 39.1 Å². The van der Waals surface area contributed by atoms with Gasteiger partial charge in [-0.25, -0.2) is 0 Å². The standard InChI is InChI=1S/C15H21N3O/c1-4-16-12(2)13-6-7-15(19-3)14(10-13)11-18-9-5-8-17-18/h5-10,12,16H,4,11H2,1-3H3. The molecule has 1 unspecified atom stereocenters. The van der Waals surface area contributed by atoms with Crippen LogP contribution in [0.2, 0.25) is 0 Å². The van der Waals surface area contributed by atoms with Crippen LogP contribution in [0.1, 0.15) is 31.0 Å². The lowest BCUT2D eigenvalue weighted by atomic mass is 10.0. The van der Waals surface area contributed by atoms with Gasteiger partial charge in [0.25, 0.3) is 0 Å². The quantitative estimate of drug-likeness (QED) is 0.866. The van der Waals surface area contributed by atoms with Crippen LogP contribution in [0.4, 0.5) is 0 Å². The maximum absolute atomic E-state index is 5.43. The van der Waals surface area contributed by atoms with Crippen LogP contribution in [0.3, 0.4) is 0 Å². The van der Waals surface area contributed by atoms with Gasteiger partial charge in [0.15, 0.2) is 0 Å². The van der Waals surface area contributed by atoms with E-state index in [-0.39, 0.29) is 0 Å². The molecule has 0 aliphatic rings. The number of hydrogen-bond acceptors (Lipinski definition) is 3. The van der Waals surface area contributed by atoms with Crippen LogP contribution in [0.15, 0.2) is 36.7 Å². The second kappa shape index (κ2) is 6.38. The van der Waals surface area contributed by atoms with Crippen molar-refractivity contribution < 1.29 is 4.74 Å². The Bertz CT molecular complexity index is 508. The molecule has 0 aliphatic heterocycles.